The summed E-state index contributed by atoms with van der Waals surface area (Å²) in [5, 5.41) is 8.82. The molecule has 2 amide bonds. The van der Waals surface area contributed by atoms with Crippen LogP contribution in [0.25, 0.3) is 0 Å². The molecule has 1 aromatic rings. The normalized spacial score (nSPS) is 18.6. The van der Waals surface area contributed by atoms with Crippen LogP contribution in [-0.2, 0) is 0 Å². The van der Waals surface area contributed by atoms with E-state index in [1.165, 1.54) is 0 Å². The Balaban J connectivity index is 2.18. The number of nitrogens with one attached hydrogen (secondary N) is 3. The minimum absolute atomic E-state index is 0.113. The molecule has 1 aliphatic rings. The molecule has 1 heterocycles. The van der Waals surface area contributed by atoms with Gasteiger partial charge in [0.05, 0.1) is 6.04 Å². The highest BCUT2D eigenvalue weighted by Crippen LogP contribution is 2.28. The number of amides is 2. The van der Waals surface area contributed by atoms with Gasteiger partial charge in [0.25, 0.3) is 0 Å². The molecule has 1 aromatic carbocycles. The highest BCUT2D eigenvalue weighted by molar-refractivity contribution is 5.74. The van der Waals surface area contributed by atoms with Crippen LogP contribution in [0.4, 0.5) is 10.5 Å². The third-order valence-corrected chi connectivity index (χ3v) is 2.62. The van der Waals surface area contributed by atoms with Crippen LogP contribution in [0.3, 0.4) is 0 Å². The molecule has 80 valence electrons. The minimum atomic E-state index is -0.128. The summed E-state index contributed by atoms with van der Waals surface area (Å²) < 4.78 is 0. The number of para-hydroxylation sites is 1. The number of carbonyl (C=O) groups is 1. The number of fused-ring (bicyclic) bond motifs is 1. The number of benzene rings is 1. The lowest BCUT2D eigenvalue weighted by Crippen LogP contribution is -2.38. The lowest BCUT2D eigenvalue weighted by atomic mass is 9.98. The van der Waals surface area contributed by atoms with Crippen molar-refractivity contribution >= 4 is 11.7 Å². The Morgan fingerprint density at radius 1 is 1.47 bits per heavy atom. The third-order valence-electron chi connectivity index (χ3n) is 2.62. The number of urea groups is 1. The van der Waals surface area contributed by atoms with Crippen molar-refractivity contribution in [3.63, 3.8) is 0 Å². The number of hydrogen-bond donors (Lipinski definition) is 3. The molecule has 0 radical (unpaired) electrons. The second-order valence-electron chi connectivity index (χ2n) is 3.58. The van der Waals surface area contributed by atoms with Crippen molar-refractivity contribution in [3.05, 3.63) is 29.8 Å². The molecule has 2 rings (SSSR count). The number of hydrogen-bond acceptors (Lipinski definition) is 2. The number of anilines is 1. The molecule has 4 heteroatoms. The van der Waals surface area contributed by atoms with E-state index in [-0.39, 0.29) is 12.1 Å². The Kier molecular flexibility index (Phi) is 2.76. The molecule has 0 fully saturated rings. The second kappa shape index (κ2) is 4.21. The molecule has 0 saturated carbocycles. The van der Waals surface area contributed by atoms with Crippen LogP contribution in [0.5, 0.6) is 0 Å². The van der Waals surface area contributed by atoms with Crippen LogP contribution < -0.4 is 16.0 Å². The molecule has 3 N–H and O–H groups in total. The van der Waals surface area contributed by atoms with Gasteiger partial charge < -0.3 is 16.0 Å². The molecule has 0 saturated heterocycles. The van der Waals surface area contributed by atoms with Crippen molar-refractivity contribution in [2.45, 2.75) is 12.5 Å². The monoisotopic (exact) mass is 205 g/mol. The van der Waals surface area contributed by atoms with Crippen molar-refractivity contribution in [1.82, 2.24) is 10.6 Å². The highest BCUT2D eigenvalue weighted by atomic mass is 16.2. The second-order valence-corrected chi connectivity index (χ2v) is 3.58. The third kappa shape index (κ3) is 2.03. The molecule has 1 unspecified atom stereocenters. The first-order valence-corrected chi connectivity index (χ1v) is 5.12. The zero-order chi connectivity index (χ0) is 10.7. The largest absolute Gasteiger partial charge is 0.385 e. The van der Waals surface area contributed by atoms with E-state index >= 15 is 0 Å². The Morgan fingerprint density at radius 3 is 3.07 bits per heavy atom. The van der Waals surface area contributed by atoms with E-state index in [0.29, 0.717) is 0 Å². The van der Waals surface area contributed by atoms with E-state index < -0.39 is 0 Å². The summed E-state index contributed by atoms with van der Waals surface area (Å²) in [7, 11) is 1.63. The molecule has 0 bridgehead atoms. The molecular formula is C11H15N3O. The van der Waals surface area contributed by atoms with Gasteiger partial charge in [-0.05, 0) is 18.1 Å². The molecule has 1 atom stereocenters. The standard InChI is InChI=1S/C11H15N3O/c1-12-11(15)14-10-6-7-13-9-5-3-2-4-8(9)10/h2-5,10,13H,6-7H2,1H3,(H2,12,14,15). The zero-order valence-corrected chi connectivity index (χ0v) is 8.71. The first kappa shape index (κ1) is 9.83. The van der Waals surface area contributed by atoms with Gasteiger partial charge in [0.15, 0.2) is 0 Å². The van der Waals surface area contributed by atoms with Crippen LogP contribution in [0, 0.1) is 0 Å². The predicted molar refractivity (Wildman–Crippen MR) is 59.9 cm³/mol. The van der Waals surface area contributed by atoms with Gasteiger partial charge in [-0.2, -0.15) is 0 Å². The molecule has 1 aliphatic heterocycles. The van der Waals surface area contributed by atoms with Crippen molar-refractivity contribution in [1.29, 1.82) is 0 Å². The van der Waals surface area contributed by atoms with Gasteiger partial charge in [-0.1, -0.05) is 18.2 Å². The summed E-state index contributed by atoms with van der Waals surface area (Å²) in [5.41, 5.74) is 2.28. The molecule has 0 aromatic heterocycles. The van der Waals surface area contributed by atoms with Crippen LogP contribution in [0.1, 0.15) is 18.0 Å². The van der Waals surface area contributed by atoms with E-state index in [4.69, 9.17) is 0 Å². The first-order chi connectivity index (χ1) is 7.31. The minimum Gasteiger partial charge on any atom is -0.385 e. The first-order valence-electron chi connectivity index (χ1n) is 5.12. The van der Waals surface area contributed by atoms with Crippen LogP contribution >= 0.6 is 0 Å². The fraction of sp³-hybridized carbons (Fsp3) is 0.364. The molecule has 0 spiro atoms. The van der Waals surface area contributed by atoms with E-state index in [0.717, 1.165) is 24.2 Å². The SMILES string of the molecule is CNC(=O)NC1CCNc2ccccc21. The smallest absolute Gasteiger partial charge is 0.315 e. The van der Waals surface area contributed by atoms with E-state index in [1.807, 2.05) is 24.3 Å². The summed E-state index contributed by atoms with van der Waals surface area (Å²) >= 11 is 0. The lowest BCUT2D eigenvalue weighted by Gasteiger charge is -2.27. The molecular weight excluding hydrogens is 190 g/mol. The topological polar surface area (TPSA) is 53.2 Å². The van der Waals surface area contributed by atoms with E-state index in [2.05, 4.69) is 16.0 Å². The highest BCUT2D eigenvalue weighted by Gasteiger charge is 2.20. The summed E-state index contributed by atoms with van der Waals surface area (Å²) in [5.74, 6) is 0. The van der Waals surface area contributed by atoms with Crippen molar-refractivity contribution in [2.75, 3.05) is 18.9 Å². The fourth-order valence-electron chi connectivity index (χ4n) is 1.85. The van der Waals surface area contributed by atoms with Crippen LogP contribution in [0.2, 0.25) is 0 Å². The molecule has 0 aliphatic carbocycles. The zero-order valence-electron chi connectivity index (χ0n) is 8.71. The number of carbonyl (C=O) groups excluding carboxylic acids is 1. The van der Waals surface area contributed by atoms with Crippen molar-refractivity contribution < 1.29 is 4.79 Å². The van der Waals surface area contributed by atoms with Gasteiger partial charge in [-0.3, -0.25) is 0 Å². The average molecular weight is 205 g/mol. The average Bonchev–Trinajstić information content (AvgIpc) is 2.29. The Hall–Kier alpha value is -1.71. The summed E-state index contributed by atoms with van der Waals surface area (Å²) in [6.45, 7) is 0.895. The number of rotatable bonds is 1. The quantitative estimate of drug-likeness (QED) is 0.650. The Bertz CT molecular complexity index is 365. The summed E-state index contributed by atoms with van der Waals surface area (Å²) in [6, 6.07) is 8.05. The lowest BCUT2D eigenvalue weighted by molar-refractivity contribution is 0.238. The summed E-state index contributed by atoms with van der Waals surface area (Å²) in [4.78, 5) is 11.2. The van der Waals surface area contributed by atoms with Crippen molar-refractivity contribution in [3.8, 4) is 0 Å². The van der Waals surface area contributed by atoms with E-state index in [1.54, 1.807) is 7.05 Å². The Labute approximate surface area is 89.1 Å². The van der Waals surface area contributed by atoms with Gasteiger partial charge in [0.1, 0.15) is 0 Å². The van der Waals surface area contributed by atoms with Gasteiger partial charge in [0.2, 0.25) is 0 Å². The van der Waals surface area contributed by atoms with Crippen molar-refractivity contribution in [2.24, 2.45) is 0 Å². The van der Waals surface area contributed by atoms with Crippen LogP contribution in [0.15, 0.2) is 24.3 Å². The van der Waals surface area contributed by atoms with Gasteiger partial charge >= 0.3 is 6.03 Å². The predicted octanol–water partition coefficient (Wildman–Crippen LogP) is 1.47. The molecule has 15 heavy (non-hydrogen) atoms. The van der Waals surface area contributed by atoms with Crippen LogP contribution in [-0.4, -0.2) is 19.6 Å². The fourth-order valence-corrected chi connectivity index (χ4v) is 1.85. The summed E-state index contributed by atoms with van der Waals surface area (Å²) in [6.07, 6.45) is 0.921. The maximum atomic E-state index is 11.2. The van der Waals surface area contributed by atoms with Gasteiger partial charge in [0, 0.05) is 19.3 Å². The van der Waals surface area contributed by atoms with Gasteiger partial charge in [-0.25, -0.2) is 4.79 Å². The molecule has 4 nitrogen and oxygen atoms in total. The van der Waals surface area contributed by atoms with E-state index in [9.17, 15) is 4.79 Å². The maximum Gasteiger partial charge on any atom is 0.315 e. The maximum absolute atomic E-state index is 11.2. The Morgan fingerprint density at radius 2 is 2.27 bits per heavy atom. The van der Waals surface area contributed by atoms with Gasteiger partial charge in [-0.15, -0.1) is 0 Å².